The molecule has 1 fully saturated rings. The molecular weight excluding hydrogens is 465 g/mol. The summed E-state index contributed by atoms with van der Waals surface area (Å²) in [7, 11) is 0. The predicted octanol–water partition coefficient (Wildman–Crippen LogP) is 5.97. The minimum Gasteiger partial charge on any atom is -0.337 e. The van der Waals surface area contributed by atoms with Gasteiger partial charge in [0.25, 0.3) is 0 Å². The second-order valence-electron chi connectivity index (χ2n) is 9.52. The highest BCUT2D eigenvalue weighted by molar-refractivity contribution is 5.97. The van der Waals surface area contributed by atoms with E-state index in [9.17, 15) is 4.39 Å². The van der Waals surface area contributed by atoms with E-state index in [1.807, 2.05) is 42.7 Å². The van der Waals surface area contributed by atoms with Crippen LogP contribution in [0.25, 0.3) is 55.8 Å². The fourth-order valence-corrected chi connectivity index (χ4v) is 5.21. The zero-order valence-electron chi connectivity index (χ0n) is 20.1. The van der Waals surface area contributed by atoms with Crippen LogP contribution in [0, 0.1) is 5.82 Å². The summed E-state index contributed by atoms with van der Waals surface area (Å²) in [4.78, 5) is 19.8. The van der Waals surface area contributed by atoms with Gasteiger partial charge in [0.15, 0.2) is 5.82 Å². The normalized spacial score (nSPS) is 14.2. The Morgan fingerprint density at radius 3 is 2.65 bits per heavy atom. The first kappa shape index (κ1) is 21.8. The highest BCUT2D eigenvalue weighted by Gasteiger charge is 2.18. The number of hydrogen-bond donors (Lipinski definition) is 2. The molecule has 6 aromatic rings. The molecule has 7 nitrogen and oxygen atoms in total. The van der Waals surface area contributed by atoms with Crippen molar-refractivity contribution in [3.05, 3.63) is 84.6 Å². The summed E-state index contributed by atoms with van der Waals surface area (Å²) in [5.41, 5.74) is 7.27. The smallest absolute Gasteiger partial charge is 0.159 e. The number of likely N-dealkylation sites (tertiary alicyclic amines) is 1. The van der Waals surface area contributed by atoms with E-state index < -0.39 is 0 Å². The first-order valence-electron chi connectivity index (χ1n) is 12.5. The number of halogens is 1. The molecule has 8 heteroatoms. The number of benzene rings is 2. The zero-order valence-corrected chi connectivity index (χ0v) is 20.1. The highest BCUT2D eigenvalue weighted by atomic mass is 19.1. The lowest BCUT2D eigenvalue weighted by Gasteiger charge is -2.14. The Bertz CT molecular complexity index is 1750. The molecule has 1 aliphatic heterocycles. The van der Waals surface area contributed by atoms with Gasteiger partial charge in [-0.3, -0.25) is 20.0 Å². The molecule has 2 N–H and O–H groups in total. The highest BCUT2D eigenvalue weighted by Crippen LogP contribution is 2.33. The monoisotopic (exact) mass is 489 g/mol. The first-order chi connectivity index (χ1) is 18.2. The van der Waals surface area contributed by atoms with Crippen LogP contribution in [0.15, 0.2) is 73.2 Å². The Labute approximate surface area is 212 Å². The average Bonchev–Trinajstić information content (AvgIpc) is 3.68. The number of fused-ring (bicyclic) bond motifs is 2. The van der Waals surface area contributed by atoms with Crippen molar-refractivity contribution in [2.24, 2.45) is 0 Å². The number of aromatic amines is 2. The third-order valence-electron chi connectivity index (χ3n) is 7.04. The van der Waals surface area contributed by atoms with E-state index in [1.54, 1.807) is 18.3 Å². The maximum absolute atomic E-state index is 14.6. The van der Waals surface area contributed by atoms with Crippen LogP contribution in [0.1, 0.15) is 18.4 Å². The van der Waals surface area contributed by atoms with Gasteiger partial charge >= 0.3 is 0 Å². The fraction of sp³-hybridized carbons (Fsp3) is 0.172. The molecular formula is C29H24FN7. The van der Waals surface area contributed by atoms with Crippen LogP contribution >= 0.6 is 0 Å². The van der Waals surface area contributed by atoms with Crippen LogP contribution in [0.4, 0.5) is 4.39 Å². The molecule has 182 valence electrons. The minimum atomic E-state index is -0.277. The summed E-state index contributed by atoms with van der Waals surface area (Å²) in [6.45, 7) is 3.19. The van der Waals surface area contributed by atoms with Crippen LogP contribution in [-0.4, -0.2) is 48.1 Å². The van der Waals surface area contributed by atoms with Crippen molar-refractivity contribution >= 4 is 21.9 Å². The molecule has 0 atom stereocenters. The van der Waals surface area contributed by atoms with E-state index in [0.717, 1.165) is 52.9 Å². The number of aromatic nitrogens is 6. The SMILES string of the molecule is Fc1ccccc1-c1cccc2[nH]c(-c3n[nH]c4cnc(-c5cncc(CN6CCCC6)c5)cc34)nc12. The van der Waals surface area contributed by atoms with E-state index in [1.165, 1.54) is 24.5 Å². The summed E-state index contributed by atoms with van der Waals surface area (Å²) in [6, 6.07) is 16.7. The standard InChI is InChI=1S/C29H24FN7/c30-23-8-2-1-6-20(23)21-7-5-9-24-27(21)34-29(33-24)28-22-13-25(32-16-26(22)35-36-28)19-12-18(14-31-15-19)17-37-10-3-4-11-37/h1-2,5-9,12-16H,3-4,10-11,17H2,(H,33,34)(H,35,36). The summed E-state index contributed by atoms with van der Waals surface area (Å²) in [5, 5.41) is 8.52. The van der Waals surface area contributed by atoms with Gasteiger partial charge in [-0.1, -0.05) is 30.3 Å². The molecule has 0 saturated carbocycles. The van der Waals surface area contributed by atoms with Crippen molar-refractivity contribution in [2.45, 2.75) is 19.4 Å². The quantitative estimate of drug-likeness (QED) is 0.312. The Kier molecular flexibility index (Phi) is 5.25. The van der Waals surface area contributed by atoms with Gasteiger partial charge in [-0.25, -0.2) is 9.37 Å². The number of para-hydroxylation sites is 1. The number of nitrogens with one attached hydrogen (secondary N) is 2. The van der Waals surface area contributed by atoms with E-state index in [4.69, 9.17) is 4.98 Å². The predicted molar refractivity (Wildman–Crippen MR) is 142 cm³/mol. The second kappa shape index (κ2) is 8.90. The lowest BCUT2D eigenvalue weighted by molar-refractivity contribution is 0.331. The maximum Gasteiger partial charge on any atom is 0.159 e. The summed E-state index contributed by atoms with van der Waals surface area (Å²) >= 11 is 0. The van der Waals surface area contributed by atoms with E-state index >= 15 is 0 Å². The van der Waals surface area contributed by atoms with E-state index in [-0.39, 0.29) is 5.82 Å². The Hall–Kier alpha value is -4.43. The van der Waals surface area contributed by atoms with Gasteiger partial charge < -0.3 is 4.98 Å². The van der Waals surface area contributed by atoms with Gasteiger partial charge in [0.2, 0.25) is 0 Å². The number of pyridine rings is 2. The van der Waals surface area contributed by atoms with Crippen molar-refractivity contribution < 1.29 is 4.39 Å². The van der Waals surface area contributed by atoms with Crippen molar-refractivity contribution in [3.8, 4) is 33.9 Å². The van der Waals surface area contributed by atoms with E-state index in [2.05, 4.69) is 36.1 Å². The third-order valence-corrected chi connectivity index (χ3v) is 7.04. The van der Waals surface area contributed by atoms with Crippen molar-refractivity contribution in [1.82, 2.24) is 35.0 Å². The molecule has 2 aromatic carbocycles. The second-order valence-corrected chi connectivity index (χ2v) is 9.52. The topological polar surface area (TPSA) is 86.4 Å². The molecule has 0 unspecified atom stereocenters. The van der Waals surface area contributed by atoms with Gasteiger partial charge in [0, 0.05) is 41.0 Å². The fourth-order valence-electron chi connectivity index (χ4n) is 5.21. The van der Waals surface area contributed by atoms with Gasteiger partial charge in [-0.05, 0) is 55.8 Å². The molecule has 0 bridgehead atoms. The number of hydrogen-bond acceptors (Lipinski definition) is 5. The molecule has 1 saturated heterocycles. The Morgan fingerprint density at radius 2 is 1.76 bits per heavy atom. The lowest BCUT2D eigenvalue weighted by atomic mass is 10.0. The molecule has 0 spiro atoms. The van der Waals surface area contributed by atoms with Crippen molar-refractivity contribution in [1.29, 1.82) is 0 Å². The molecule has 4 aromatic heterocycles. The minimum absolute atomic E-state index is 0.277. The van der Waals surface area contributed by atoms with Gasteiger partial charge in [-0.15, -0.1) is 0 Å². The van der Waals surface area contributed by atoms with Gasteiger partial charge in [0.05, 0.1) is 28.4 Å². The van der Waals surface area contributed by atoms with E-state index in [0.29, 0.717) is 22.6 Å². The number of nitrogens with zero attached hydrogens (tertiary/aromatic N) is 5. The Morgan fingerprint density at radius 1 is 0.892 bits per heavy atom. The maximum atomic E-state index is 14.6. The zero-order chi connectivity index (χ0) is 24.8. The van der Waals surface area contributed by atoms with Crippen LogP contribution in [0.2, 0.25) is 0 Å². The Balaban J connectivity index is 1.29. The van der Waals surface area contributed by atoms with Crippen molar-refractivity contribution in [3.63, 3.8) is 0 Å². The molecule has 1 aliphatic rings. The van der Waals surface area contributed by atoms with Crippen LogP contribution < -0.4 is 0 Å². The van der Waals surface area contributed by atoms with Crippen LogP contribution in [-0.2, 0) is 6.54 Å². The third kappa shape index (κ3) is 3.95. The molecule has 7 rings (SSSR count). The van der Waals surface area contributed by atoms with Gasteiger partial charge in [0.1, 0.15) is 11.5 Å². The summed E-state index contributed by atoms with van der Waals surface area (Å²) in [6.07, 6.45) is 8.10. The first-order valence-corrected chi connectivity index (χ1v) is 12.5. The lowest BCUT2D eigenvalue weighted by Crippen LogP contribution is -2.18. The average molecular weight is 490 g/mol. The molecule has 0 aliphatic carbocycles. The molecule has 37 heavy (non-hydrogen) atoms. The summed E-state index contributed by atoms with van der Waals surface area (Å²) in [5.74, 6) is 0.337. The molecule has 5 heterocycles. The van der Waals surface area contributed by atoms with Gasteiger partial charge in [-0.2, -0.15) is 5.10 Å². The number of H-pyrrole nitrogens is 2. The van der Waals surface area contributed by atoms with Crippen molar-refractivity contribution in [2.75, 3.05) is 13.1 Å². The van der Waals surface area contributed by atoms with Crippen LogP contribution in [0.3, 0.4) is 0 Å². The largest absolute Gasteiger partial charge is 0.337 e. The molecule has 0 amide bonds. The van der Waals surface area contributed by atoms with Crippen LogP contribution in [0.5, 0.6) is 0 Å². The molecule has 0 radical (unpaired) electrons. The number of imidazole rings is 1. The summed E-state index contributed by atoms with van der Waals surface area (Å²) < 4.78 is 14.6. The number of rotatable bonds is 5.